The Morgan fingerprint density at radius 2 is 1.95 bits per heavy atom. The molecule has 1 aliphatic rings. The molecule has 1 aliphatic heterocycles. The van der Waals surface area contributed by atoms with Gasteiger partial charge in [-0.25, -0.2) is 0 Å². The Morgan fingerprint density at radius 3 is 2.60 bits per heavy atom. The van der Waals surface area contributed by atoms with Gasteiger partial charge in [0.1, 0.15) is 18.8 Å². The van der Waals surface area contributed by atoms with Gasteiger partial charge in [0.25, 0.3) is 0 Å². The van der Waals surface area contributed by atoms with Crippen LogP contribution < -0.4 is 15.0 Å². The fraction of sp³-hybridized carbons (Fsp3) is 0.647. The van der Waals surface area contributed by atoms with Gasteiger partial charge in [-0.2, -0.15) is 0 Å². The molecule has 0 fully saturated rings. The molecule has 1 heterocycles. The lowest BCUT2D eigenvalue weighted by molar-refractivity contribution is -0.948. The van der Waals surface area contributed by atoms with Crippen molar-refractivity contribution in [3.8, 4) is 5.75 Å². The summed E-state index contributed by atoms with van der Waals surface area (Å²) in [4.78, 5) is 1.74. The van der Waals surface area contributed by atoms with Crippen LogP contribution in [0.1, 0.15) is 50.8 Å². The lowest BCUT2D eigenvalue weighted by atomic mass is 9.94. The standard InChI is InChI=1S/C17H28N2O/c1-4-9-19(10-5-2)17-13-18-12-14-7-8-15(20-6-3)11-16(14)17/h7-8,11,17-18H,4-6,9-10,12-13H2,1-3H3/p+2/t17-/m0/s1. The van der Waals surface area contributed by atoms with Gasteiger partial charge < -0.3 is 15.0 Å². The Balaban J connectivity index is 2.26. The van der Waals surface area contributed by atoms with Gasteiger partial charge in [0.2, 0.25) is 0 Å². The zero-order valence-electron chi connectivity index (χ0n) is 13.2. The van der Waals surface area contributed by atoms with Gasteiger partial charge in [-0.3, -0.25) is 0 Å². The highest BCUT2D eigenvalue weighted by Crippen LogP contribution is 2.23. The van der Waals surface area contributed by atoms with Gasteiger partial charge in [-0.1, -0.05) is 13.8 Å². The van der Waals surface area contributed by atoms with E-state index in [-0.39, 0.29) is 0 Å². The minimum absolute atomic E-state index is 0.624. The van der Waals surface area contributed by atoms with Crippen molar-refractivity contribution in [3.05, 3.63) is 29.3 Å². The molecule has 1 aromatic rings. The van der Waals surface area contributed by atoms with Crippen molar-refractivity contribution >= 4 is 0 Å². The molecule has 1 atom stereocenters. The van der Waals surface area contributed by atoms with Gasteiger partial charge >= 0.3 is 0 Å². The molecule has 0 bridgehead atoms. The number of benzene rings is 1. The largest absolute Gasteiger partial charge is 0.494 e. The number of rotatable bonds is 7. The summed E-state index contributed by atoms with van der Waals surface area (Å²) in [6, 6.07) is 7.30. The summed E-state index contributed by atoms with van der Waals surface area (Å²) in [6.45, 7) is 12.2. The first kappa shape index (κ1) is 15.3. The van der Waals surface area contributed by atoms with Crippen LogP contribution >= 0.6 is 0 Å². The van der Waals surface area contributed by atoms with Gasteiger partial charge in [0.05, 0.1) is 19.7 Å². The summed E-state index contributed by atoms with van der Waals surface area (Å²) in [7, 11) is 0. The summed E-state index contributed by atoms with van der Waals surface area (Å²) >= 11 is 0. The third-order valence-electron chi connectivity index (χ3n) is 4.21. The number of ether oxygens (including phenoxy) is 1. The average molecular weight is 278 g/mol. The molecule has 20 heavy (non-hydrogen) atoms. The highest BCUT2D eigenvalue weighted by molar-refractivity contribution is 5.37. The first-order valence-electron chi connectivity index (χ1n) is 8.21. The highest BCUT2D eigenvalue weighted by atomic mass is 16.5. The van der Waals surface area contributed by atoms with Crippen molar-refractivity contribution in [2.75, 3.05) is 26.2 Å². The molecule has 3 heteroatoms. The fourth-order valence-corrected chi connectivity index (χ4v) is 3.37. The number of quaternary nitrogens is 2. The molecule has 2 rings (SSSR count). The molecule has 3 N–H and O–H groups in total. The Hall–Kier alpha value is -1.06. The van der Waals surface area contributed by atoms with Crippen LogP contribution in [0.15, 0.2) is 18.2 Å². The van der Waals surface area contributed by atoms with E-state index in [9.17, 15) is 0 Å². The number of nitrogens with one attached hydrogen (secondary N) is 1. The first-order chi connectivity index (χ1) is 9.80. The summed E-state index contributed by atoms with van der Waals surface area (Å²) in [5.41, 5.74) is 3.02. The van der Waals surface area contributed by atoms with Crippen LogP contribution in [0.2, 0.25) is 0 Å². The van der Waals surface area contributed by atoms with E-state index in [1.807, 2.05) is 0 Å². The monoisotopic (exact) mass is 278 g/mol. The maximum absolute atomic E-state index is 5.70. The number of nitrogens with two attached hydrogens (primary N) is 1. The van der Waals surface area contributed by atoms with Crippen LogP contribution in [0.4, 0.5) is 0 Å². The molecular weight excluding hydrogens is 248 g/mol. The number of hydrogen-bond acceptors (Lipinski definition) is 1. The fourth-order valence-electron chi connectivity index (χ4n) is 3.37. The smallest absolute Gasteiger partial charge is 0.163 e. The van der Waals surface area contributed by atoms with Crippen LogP contribution in [-0.2, 0) is 6.54 Å². The second-order valence-electron chi connectivity index (χ2n) is 5.73. The lowest BCUT2D eigenvalue weighted by Gasteiger charge is -2.31. The molecule has 0 saturated heterocycles. The predicted molar refractivity (Wildman–Crippen MR) is 82.1 cm³/mol. The molecule has 0 unspecified atom stereocenters. The molecule has 0 spiro atoms. The molecule has 0 amide bonds. The summed E-state index contributed by atoms with van der Waals surface area (Å²) < 4.78 is 5.70. The van der Waals surface area contributed by atoms with Crippen molar-refractivity contribution < 1.29 is 15.0 Å². The van der Waals surface area contributed by atoms with E-state index in [0.29, 0.717) is 6.04 Å². The van der Waals surface area contributed by atoms with E-state index >= 15 is 0 Å². The Kier molecular flexibility index (Phi) is 5.86. The third kappa shape index (κ3) is 3.53. The summed E-state index contributed by atoms with van der Waals surface area (Å²) in [5.74, 6) is 1.03. The van der Waals surface area contributed by atoms with Crippen molar-refractivity contribution in [3.63, 3.8) is 0 Å². The van der Waals surface area contributed by atoms with Crippen LogP contribution in [0.25, 0.3) is 0 Å². The van der Waals surface area contributed by atoms with E-state index in [1.54, 1.807) is 4.90 Å². The minimum atomic E-state index is 0.624. The lowest BCUT2D eigenvalue weighted by Crippen LogP contribution is -3.15. The molecule has 0 aromatic heterocycles. The molecule has 0 radical (unpaired) electrons. The molecule has 3 nitrogen and oxygen atoms in total. The van der Waals surface area contributed by atoms with Gasteiger partial charge in [0, 0.05) is 11.1 Å². The molecular formula is C17H30N2O+2. The van der Waals surface area contributed by atoms with Crippen LogP contribution in [-0.4, -0.2) is 26.2 Å². The Labute approximate surface area is 123 Å². The van der Waals surface area contributed by atoms with E-state index in [0.717, 1.165) is 18.9 Å². The van der Waals surface area contributed by atoms with E-state index in [4.69, 9.17) is 4.74 Å². The SMILES string of the molecule is CCC[NH+](CCC)[C@H]1C[NH2+]Cc2ccc(OCC)cc21. The first-order valence-corrected chi connectivity index (χ1v) is 8.21. The van der Waals surface area contributed by atoms with Crippen LogP contribution in [0, 0.1) is 0 Å². The second-order valence-corrected chi connectivity index (χ2v) is 5.73. The minimum Gasteiger partial charge on any atom is -0.494 e. The molecule has 0 aliphatic carbocycles. The molecule has 112 valence electrons. The average Bonchev–Trinajstić information content (AvgIpc) is 2.47. The van der Waals surface area contributed by atoms with E-state index < -0.39 is 0 Å². The number of fused-ring (bicyclic) bond motifs is 1. The predicted octanol–water partition coefficient (Wildman–Crippen LogP) is 0.908. The third-order valence-corrected chi connectivity index (χ3v) is 4.21. The maximum Gasteiger partial charge on any atom is 0.163 e. The van der Waals surface area contributed by atoms with Crippen LogP contribution in [0.3, 0.4) is 0 Å². The molecule has 1 aromatic carbocycles. The Morgan fingerprint density at radius 1 is 1.20 bits per heavy atom. The quantitative estimate of drug-likeness (QED) is 0.763. The van der Waals surface area contributed by atoms with Crippen molar-refractivity contribution in [2.45, 2.75) is 46.2 Å². The second kappa shape index (κ2) is 7.65. The van der Waals surface area contributed by atoms with E-state index in [1.165, 1.54) is 43.6 Å². The Bertz CT molecular complexity index is 413. The van der Waals surface area contributed by atoms with Crippen molar-refractivity contribution in [2.24, 2.45) is 0 Å². The van der Waals surface area contributed by atoms with Crippen molar-refractivity contribution in [1.82, 2.24) is 0 Å². The van der Waals surface area contributed by atoms with Gasteiger partial charge in [0.15, 0.2) is 6.04 Å². The normalized spacial score (nSPS) is 18.1. The van der Waals surface area contributed by atoms with Crippen LogP contribution in [0.5, 0.6) is 5.75 Å². The topological polar surface area (TPSA) is 30.3 Å². The zero-order valence-corrected chi connectivity index (χ0v) is 13.2. The van der Waals surface area contributed by atoms with E-state index in [2.05, 4.69) is 44.3 Å². The maximum atomic E-state index is 5.70. The molecule has 0 saturated carbocycles. The van der Waals surface area contributed by atoms with Crippen molar-refractivity contribution in [1.29, 1.82) is 0 Å². The summed E-state index contributed by atoms with van der Waals surface area (Å²) in [5, 5.41) is 2.46. The van der Waals surface area contributed by atoms with Gasteiger partial charge in [-0.15, -0.1) is 0 Å². The summed E-state index contributed by atoms with van der Waals surface area (Å²) in [6.07, 6.45) is 2.51. The number of hydrogen-bond donors (Lipinski definition) is 2. The van der Waals surface area contributed by atoms with Gasteiger partial charge in [-0.05, 0) is 38.0 Å². The zero-order chi connectivity index (χ0) is 14.4. The highest BCUT2D eigenvalue weighted by Gasteiger charge is 2.31.